The van der Waals surface area contributed by atoms with Crippen LogP contribution in [0.5, 0.6) is 0 Å². The lowest BCUT2D eigenvalue weighted by atomic mass is 10.0. The summed E-state index contributed by atoms with van der Waals surface area (Å²) >= 11 is 0. The standard InChI is InChI=1S/C15H16F3N3/c1-8(2)12-9(3)20-14(21-13(12)19)10-6-4-5-7-11(10)15(16,17)18/h4-8H,1-3H3,(H2,19,20,21). The van der Waals surface area contributed by atoms with Crippen LogP contribution in [-0.4, -0.2) is 9.97 Å². The van der Waals surface area contributed by atoms with E-state index < -0.39 is 11.7 Å². The summed E-state index contributed by atoms with van der Waals surface area (Å²) in [4.78, 5) is 8.27. The number of hydrogen-bond donors (Lipinski definition) is 1. The molecule has 0 aliphatic carbocycles. The van der Waals surface area contributed by atoms with Gasteiger partial charge in [0.25, 0.3) is 0 Å². The Morgan fingerprint density at radius 2 is 1.71 bits per heavy atom. The maximum Gasteiger partial charge on any atom is 0.417 e. The normalized spacial score (nSPS) is 12.0. The molecule has 1 aromatic carbocycles. The first-order valence-electron chi connectivity index (χ1n) is 6.52. The van der Waals surface area contributed by atoms with Gasteiger partial charge in [0.1, 0.15) is 5.82 Å². The second kappa shape index (κ2) is 5.35. The molecular weight excluding hydrogens is 279 g/mol. The Hall–Kier alpha value is -2.11. The van der Waals surface area contributed by atoms with Gasteiger partial charge in [-0.05, 0) is 18.9 Å². The third-order valence-electron chi connectivity index (χ3n) is 3.22. The summed E-state index contributed by atoms with van der Waals surface area (Å²) in [5, 5.41) is 0. The molecule has 0 saturated heterocycles. The fourth-order valence-corrected chi connectivity index (χ4v) is 2.36. The molecule has 1 aromatic heterocycles. The van der Waals surface area contributed by atoms with Gasteiger partial charge in [-0.15, -0.1) is 0 Å². The number of aromatic nitrogens is 2. The Bertz CT molecular complexity index is 640. The fourth-order valence-electron chi connectivity index (χ4n) is 2.36. The van der Waals surface area contributed by atoms with Crippen molar-refractivity contribution in [2.75, 3.05) is 5.73 Å². The first-order chi connectivity index (χ1) is 9.71. The zero-order chi connectivity index (χ0) is 15.8. The maximum atomic E-state index is 13.1. The minimum atomic E-state index is -4.46. The molecule has 6 heteroatoms. The van der Waals surface area contributed by atoms with Gasteiger partial charge in [0, 0.05) is 16.8 Å². The van der Waals surface area contributed by atoms with Crippen LogP contribution in [0, 0.1) is 6.92 Å². The summed E-state index contributed by atoms with van der Waals surface area (Å²) in [7, 11) is 0. The lowest BCUT2D eigenvalue weighted by Gasteiger charge is -2.15. The van der Waals surface area contributed by atoms with E-state index in [1.807, 2.05) is 13.8 Å². The molecule has 21 heavy (non-hydrogen) atoms. The van der Waals surface area contributed by atoms with Crippen LogP contribution in [0.4, 0.5) is 19.0 Å². The number of aryl methyl sites for hydroxylation is 1. The van der Waals surface area contributed by atoms with Crippen molar-refractivity contribution in [2.45, 2.75) is 32.9 Å². The van der Waals surface area contributed by atoms with Crippen LogP contribution in [0.2, 0.25) is 0 Å². The Kier molecular flexibility index (Phi) is 3.89. The van der Waals surface area contributed by atoms with Crippen molar-refractivity contribution in [3.63, 3.8) is 0 Å². The van der Waals surface area contributed by atoms with Crippen LogP contribution in [0.15, 0.2) is 24.3 Å². The first-order valence-corrected chi connectivity index (χ1v) is 6.52. The van der Waals surface area contributed by atoms with E-state index in [1.54, 1.807) is 6.92 Å². The average molecular weight is 295 g/mol. The molecule has 0 radical (unpaired) electrons. The number of hydrogen-bond acceptors (Lipinski definition) is 3. The minimum absolute atomic E-state index is 0.00215. The number of halogens is 3. The average Bonchev–Trinajstić information content (AvgIpc) is 2.36. The van der Waals surface area contributed by atoms with Gasteiger partial charge >= 0.3 is 6.18 Å². The summed E-state index contributed by atoms with van der Waals surface area (Å²) in [6.45, 7) is 5.60. The van der Waals surface area contributed by atoms with Gasteiger partial charge in [-0.25, -0.2) is 9.97 Å². The second-order valence-electron chi connectivity index (χ2n) is 5.13. The molecule has 0 bridgehead atoms. The van der Waals surface area contributed by atoms with E-state index in [2.05, 4.69) is 9.97 Å². The van der Waals surface area contributed by atoms with Gasteiger partial charge in [0.15, 0.2) is 5.82 Å². The van der Waals surface area contributed by atoms with E-state index in [1.165, 1.54) is 18.2 Å². The lowest BCUT2D eigenvalue weighted by Crippen LogP contribution is -2.11. The van der Waals surface area contributed by atoms with Crippen LogP contribution in [-0.2, 0) is 6.18 Å². The van der Waals surface area contributed by atoms with E-state index in [0.29, 0.717) is 5.69 Å². The smallest absolute Gasteiger partial charge is 0.383 e. The summed E-state index contributed by atoms with van der Waals surface area (Å²) in [6.07, 6.45) is -4.46. The lowest BCUT2D eigenvalue weighted by molar-refractivity contribution is -0.137. The van der Waals surface area contributed by atoms with Gasteiger partial charge in [0.05, 0.1) is 5.56 Å². The van der Waals surface area contributed by atoms with Gasteiger partial charge in [-0.3, -0.25) is 0 Å². The zero-order valence-electron chi connectivity index (χ0n) is 12.0. The van der Waals surface area contributed by atoms with Crippen molar-refractivity contribution < 1.29 is 13.2 Å². The summed E-state index contributed by atoms with van der Waals surface area (Å²) in [5.41, 5.74) is 6.43. The topological polar surface area (TPSA) is 51.8 Å². The maximum absolute atomic E-state index is 13.1. The molecular formula is C15H16F3N3. The first kappa shape index (κ1) is 15.3. The van der Waals surface area contributed by atoms with Crippen LogP contribution < -0.4 is 5.73 Å². The molecule has 3 nitrogen and oxygen atoms in total. The molecule has 0 amide bonds. The van der Waals surface area contributed by atoms with E-state index in [9.17, 15) is 13.2 Å². The molecule has 0 fully saturated rings. The summed E-state index contributed by atoms with van der Waals surface area (Å²) in [6, 6.07) is 5.23. The molecule has 2 aromatic rings. The predicted molar refractivity (Wildman–Crippen MR) is 75.7 cm³/mol. The van der Waals surface area contributed by atoms with Gasteiger partial charge < -0.3 is 5.73 Å². The molecule has 112 valence electrons. The molecule has 1 heterocycles. The highest BCUT2D eigenvalue weighted by atomic mass is 19.4. The third kappa shape index (κ3) is 2.99. The van der Waals surface area contributed by atoms with E-state index in [4.69, 9.17) is 5.73 Å². The molecule has 2 rings (SSSR count). The van der Waals surface area contributed by atoms with Crippen LogP contribution in [0.1, 0.15) is 36.6 Å². The molecule has 0 atom stereocenters. The van der Waals surface area contributed by atoms with Crippen molar-refractivity contribution in [2.24, 2.45) is 0 Å². The zero-order valence-corrected chi connectivity index (χ0v) is 12.0. The molecule has 2 N–H and O–H groups in total. The molecule has 0 spiro atoms. The number of benzene rings is 1. The highest BCUT2D eigenvalue weighted by Gasteiger charge is 2.34. The Morgan fingerprint density at radius 1 is 1.10 bits per heavy atom. The summed E-state index contributed by atoms with van der Waals surface area (Å²) < 4.78 is 39.2. The monoisotopic (exact) mass is 295 g/mol. The van der Waals surface area contributed by atoms with E-state index in [0.717, 1.165) is 11.6 Å². The second-order valence-corrected chi connectivity index (χ2v) is 5.13. The number of anilines is 1. The van der Waals surface area contributed by atoms with Crippen molar-refractivity contribution in [3.05, 3.63) is 41.1 Å². The van der Waals surface area contributed by atoms with Gasteiger partial charge in [0.2, 0.25) is 0 Å². The van der Waals surface area contributed by atoms with Crippen molar-refractivity contribution in [3.8, 4) is 11.4 Å². The Balaban J connectivity index is 2.65. The third-order valence-corrected chi connectivity index (χ3v) is 3.22. The van der Waals surface area contributed by atoms with Gasteiger partial charge in [-0.1, -0.05) is 32.0 Å². The number of nitrogens with zero attached hydrogens (tertiary/aromatic N) is 2. The minimum Gasteiger partial charge on any atom is -0.383 e. The van der Waals surface area contributed by atoms with E-state index in [-0.39, 0.29) is 23.1 Å². The SMILES string of the molecule is Cc1nc(-c2ccccc2C(F)(F)F)nc(N)c1C(C)C. The summed E-state index contributed by atoms with van der Waals surface area (Å²) in [5.74, 6) is 0.337. The molecule has 0 aliphatic rings. The molecule has 0 saturated carbocycles. The highest BCUT2D eigenvalue weighted by Crippen LogP contribution is 2.36. The fraction of sp³-hybridized carbons (Fsp3) is 0.333. The largest absolute Gasteiger partial charge is 0.417 e. The number of rotatable bonds is 2. The Morgan fingerprint density at radius 3 is 2.24 bits per heavy atom. The van der Waals surface area contributed by atoms with Crippen molar-refractivity contribution in [1.82, 2.24) is 9.97 Å². The van der Waals surface area contributed by atoms with E-state index >= 15 is 0 Å². The van der Waals surface area contributed by atoms with Gasteiger partial charge in [-0.2, -0.15) is 13.2 Å². The quantitative estimate of drug-likeness (QED) is 0.904. The van der Waals surface area contributed by atoms with Crippen LogP contribution >= 0.6 is 0 Å². The number of nitrogens with two attached hydrogens (primary N) is 1. The van der Waals surface area contributed by atoms with Crippen LogP contribution in [0.3, 0.4) is 0 Å². The van der Waals surface area contributed by atoms with Crippen molar-refractivity contribution >= 4 is 5.82 Å². The number of alkyl halides is 3. The van der Waals surface area contributed by atoms with Crippen LogP contribution in [0.25, 0.3) is 11.4 Å². The van der Waals surface area contributed by atoms with Crippen molar-refractivity contribution in [1.29, 1.82) is 0 Å². The predicted octanol–water partition coefficient (Wildman–Crippen LogP) is 4.18. The molecule has 0 aliphatic heterocycles. The number of nitrogen functional groups attached to an aromatic ring is 1. The highest BCUT2D eigenvalue weighted by molar-refractivity contribution is 5.63. The molecule has 0 unspecified atom stereocenters. The Labute approximate surface area is 121 Å².